The van der Waals surface area contributed by atoms with E-state index in [0.717, 1.165) is 11.1 Å². The van der Waals surface area contributed by atoms with E-state index in [4.69, 9.17) is 9.15 Å². The van der Waals surface area contributed by atoms with Crippen molar-refractivity contribution in [2.45, 2.75) is 20.8 Å². The zero-order chi connectivity index (χ0) is 23.5. The summed E-state index contributed by atoms with van der Waals surface area (Å²) in [6.07, 6.45) is 0. The van der Waals surface area contributed by atoms with Gasteiger partial charge in [-0.05, 0) is 62.2 Å². The lowest BCUT2D eigenvalue weighted by molar-refractivity contribution is 0.0527. The van der Waals surface area contributed by atoms with Crippen LogP contribution in [0.1, 0.15) is 38.8 Å². The van der Waals surface area contributed by atoms with Crippen molar-refractivity contribution in [2.24, 2.45) is 0 Å². The van der Waals surface area contributed by atoms with E-state index in [9.17, 15) is 14.4 Å². The number of hydrogen-bond acceptors (Lipinski definition) is 5. The van der Waals surface area contributed by atoms with Gasteiger partial charge in [0.1, 0.15) is 11.3 Å². The van der Waals surface area contributed by atoms with Crippen LogP contribution in [0.2, 0.25) is 0 Å². The second-order valence-corrected chi connectivity index (χ2v) is 7.73. The first-order chi connectivity index (χ1) is 15.9. The minimum Gasteiger partial charge on any atom is -0.462 e. The summed E-state index contributed by atoms with van der Waals surface area (Å²) in [4.78, 5) is 37.5. The van der Waals surface area contributed by atoms with E-state index in [-0.39, 0.29) is 23.5 Å². The van der Waals surface area contributed by atoms with Crippen LogP contribution in [0.3, 0.4) is 0 Å². The lowest BCUT2D eigenvalue weighted by atomic mass is 10.1. The number of para-hydroxylation sites is 1. The van der Waals surface area contributed by atoms with Gasteiger partial charge in [-0.3, -0.25) is 9.59 Å². The Morgan fingerprint density at radius 1 is 0.970 bits per heavy atom. The SMILES string of the molecule is CCOC(=O)c1ccccc1NC(=O)c1ccc(-c2cc(=O)c3cc(C)cc(C)c3o2)cc1. The van der Waals surface area contributed by atoms with E-state index < -0.39 is 5.97 Å². The van der Waals surface area contributed by atoms with Crippen LogP contribution in [0.5, 0.6) is 0 Å². The number of rotatable bonds is 5. The number of esters is 1. The highest BCUT2D eigenvalue weighted by Gasteiger charge is 2.15. The molecule has 0 bridgehead atoms. The number of benzene rings is 3. The molecular weight excluding hydrogens is 418 g/mol. The number of carbonyl (C=O) groups excluding carboxylic acids is 2. The largest absolute Gasteiger partial charge is 0.462 e. The van der Waals surface area contributed by atoms with Crippen molar-refractivity contribution in [3.63, 3.8) is 0 Å². The molecule has 0 atom stereocenters. The molecule has 1 N–H and O–H groups in total. The molecular formula is C27H23NO5. The number of carbonyl (C=O) groups is 2. The Hall–Kier alpha value is -4.19. The van der Waals surface area contributed by atoms with Crippen LogP contribution in [0.25, 0.3) is 22.3 Å². The molecule has 6 nitrogen and oxygen atoms in total. The second-order valence-electron chi connectivity index (χ2n) is 7.73. The summed E-state index contributed by atoms with van der Waals surface area (Å²) < 4.78 is 11.1. The predicted molar refractivity (Wildman–Crippen MR) is 128 cm³/mol. The molecule has 0 aliphatic carbocycles. The highest BCUT2D eigenvalue weighted by atomic mass is 16.5. The fourth-order valence-corrected chi connectivity index (χ4v) is 3.71. The third-order valence-corrected chi connectivity index (χ3v) is 5.26. The van der Waals surface area contributed by atoms with Crippen LogP contribution >= 0.6 is 0 Å². The fourth-order valence-electron chi connectivity index (χ4n) is 3.71. The molecule has 4 rings (SSSR count). The molecule has 0 saturated carbocycles. The Labute approximate surface area is 190 Å². The van der Waals surface area contributed by atoms with Gasteiger partial charge in [-0.1, -0.05) is 30.3 Å². The van der Waals surface area contributed by atoms with E-state index in [1.54, 1.807) is 55.5 Å². The molecule has 3 aromatic carbocycles. The van der Waals surface area contributed by atoms with Crippen molar-refractivity contribution in [2.75, 3.05) is 11.9 Å². The first-order valence-corrected chi connectivity index (χ1v) is 10.6. The van der Waals surface area contributed by atoms with Gasteiger partial charge in [0.25, 0.3) is 5.91 Å². The van der Waals surface area contributed by atoms with Gasteiger partial charge < -0.3 is 14.5 Å². The average molecular weight is 441 g/mol. The Bertz CT molecular complexity index is 1420. The summed E-state index contributed by atoms with van der Waals surface area (Å²) in [6.45, 7) is 5.81. The molecule has 1 amide bonds. The standard InChI is InChI=1S/C27H23NO5/c1-4-32-27(31)20-7-5-6-8-22(20)28-26(30)19-11-9-18(10-12-19)24-15-23(29)21-14-16(2)13-17(3)25(21)33-24/h5-15H,4H2,1-3H3,(H,28,30). The monoisotopic (exact) mass is 441 g/mol. The van der Waals surface area contributed by atoms with Gasteiger partial charge >= 0.3 is 5.97 Å². The lowest BCUT2D eigenvalue weighted by Gasteiger charge is -2.11. The molecule has 166 valence electrons. The first-order valence-electron chi connectivity index (χ1n) is 10.6. The maximum absolute atomic E-state index is 12.8. The number of ether oxygens (including phenoxy) is 1. The number of nitrogens with one attached hydrogen (secondary N) is 1. The minimum atomic E-state index is -0.499. The van der Waals surface area contributed by atoms with Gasteiger partial charge in [0, 0.05) is 17.2 Å². The Morgan fingerprint density at radius 2 is 1.70 bits per heavy atom. The molecule has 0 aliphatic heterocycles. The summed E-state index contributed by atoms with van der Waals surface area (Å²) in [5, 5.41) is 3.31. The molecule has 0 radical (unpaired) electrons. The fraction of sp³-hybridized carbons (Fsp3) is 0.148. The number of aryl methyl sites for hydroxylation is 2. The highest BCUT2D eigenvalue weighted by molar-refractivity contribution is 6.08. The van der Waals surface area contributed by atoms with Gasteiger partial charge in [0.2, 0.25) is 0 Å². The van der Waals surface area contributed by atoms with E-state index in [1.165, 1.54) is 6.07 Å². The molecule has 33 heavy (non-hydrogen) atoms. The van der Waals surface area contributed by atoms with Gasteiger partial charge in [-0.15, -0.1) is 0 Å². The molecule has 1 aromatic heterocycles. The normalized spacial score (nSPS) is 10.8. The summed E-state index contributed by atoms with van der Waals surface area (Å²) in [6, 6.07) is 18.7. The van der Waals surface area contributed by atoms with E-state index in [1.807, 2.05) is 26.0 Å². The van der Waals surface area contributed by atoms with E-state index >= 15 is 0 Å². The second kappa shape index (κ2) is 9.12. The van der Waals surface area contributed by atoms with Gasteiger partial charge in [-0.2, -0.15) is 0 Å². The molecule has 0 fully saturated rings. The van der Waals surface area contributed by atoms with Crippen molar-refractivity contribution in [1.82, 2.24) is 0 Å². The van der Waals surface area contributed by atoms with Gasteiger partial charge in [0.15, 0.2) is 5.43 Å². The third-order valence-electron chi connectivity index (χ3n) is 5.26. The summed E-state index contributed by atoms with van der Waals surface area (Å²) in [7, 11) is 0. The van der Waals surface area contributed by atoms with Crippen LogP contribution in [0, 0.1) is 13.8 Å². The Morgan fingerprint density at radius 3 is 2.42 bits per heavy atom. The molecule has 1 heterocycles. The van der Waals surface area contributed by atoms with Crippen molar-refractivity contribution >= 4 is 28.5 Å². The van der Waals surface area contributed by atoms with Crippen LogP contribution in [0.4, 0.5) is 5.69 Å². The van der Waals surface area contributed by atoms with Crippen LogP contribution in [0.15, 0.2) is 75.9 Å². The maximum Gasteiger partial charge on any atom is 0.340 e. The highest BCUT2D eigenvalue weighted by Crippen LogP contribution is 2.26. The third kappa shape index (κ3) is 4.55. The smallest absolute Gasteiger partial charge is 0.340 e. The lowest BCUT2D eigenvalue weighted by Crippen LogP contribution is -2.15. The zero-order valence-corrected chi connectivity index (χ0v) is 18.6. The average Bonchev–Trinajstić information content (AvgIpc) is 2.80. The van der Waals surface area contributed by atoms with Crippen molar-refractivity contribution in [1.29, 1.82) is 0 Å². The van der Waals surface area contributed by atoms with Crippen LogP contribution in [-0.2, 0) is 4.74 Å². The topological polar surface area (TPSA) is 85.6 Å². The molecule has 0 aliphatic rings. The number of hydrogen-bond donors (Lipinski definition) is 1. The number of amides is 1. The molecule has 4 aromatic rings. The van der Waals surface area contributed by atoms with Gasteiger partial charge in [-0.25, -0.2) is 4.79 Å². The Balaban J connectivity index is 1.60. The van der Waals surface area contributed by atoms with Crippen molar-refractivity contribution < 1.29 is 18.7 Å². The summed E-state index contributed by atoms with van der Waals surface area (Å²) in [5.41, 5.74) is 4.06. The number of anilines is 1. The Kier molecular flexibility index (Phi) is 6.09. The molecule has 0 saturated heterocycles. The minimum absolute atomic E-state index is 0.115. The first kappa shape index (κ1) is 22.0. The van der Waals surface area contributed by atoms with Crippen LogP contribution < -0.4 is 10.7 Å². The van der Waals surface area contributed by atoms with Crippen molar-refractivity contribution in [3.8, 4) is 11.3 Å². The molecule has 0 spiro atoms. The van der Waals surface area contributed by atoms with E-state index in [0.29, 0.717) is 33.5 Å². The molecule has 0 unspecified atom stereocenters. The maximum atomic E-state index is 12.8. The quantitative estimate of drug-likeness (QED) is 0.413. The number of fused-ring (bicyclic) bond motifs is 1. The predicted octanol–water partition coefficient (Wildman–Crippen LogP) is 5.51. The molecule has 6 heteroatoms. The van der Waals surface area contributed by atoms with Crippen LogP contribution in [-0.4, -0.2) is 18.5 Å². The van der Waals surface area contributed by atoms with Crippen molar-refractivity contribution in [3.05, 3.63) is 99.2 Å². The summed E-state index contributed by atoms with van der Waals surface area (Å²) in [5.74, 6) is -0.441. The van der Waals surface area contributed by atoms with E-state index in [2.05, 4.69) is 5.32 Å². The van der Waals surface area contributed by atoms with Gasteiger partial charge in [0.05, 0.1) is 23.2 Å². The summed E-state index contributed by atoms with van der Waals surface area (Å²) >= 11 is 0. The zero-order valence-electron chi connectivity index (χ0n) is 18.6.